The van der Waals surface area contributed by atoms with E-state index in [0.29, 0.717) is 26.4 Å². The van der Waals surface area contributed by atoms with Crippen molar-refractivity contribution in [1.29, 1.82) is 0 Å². The molecule has 2 heterocycles. The zero-order chi connectivity index (χ0) is 38.3. The van der Waals surface area contributed by atoms with Gasteiger partial charge in [-0.1, -0.05) is 232 Å². The summed E-state index contributed by atoms with van der Waals surface area (Å²) >= 11 is 1.64. The molecule has 318 valence electrons. The van der Waals surface area contributed by atoms with Crippen LogP contribution in [0.1, 0.15) is 245 Å². The number of hydrogen-bond acceptors (Lipinski definition) is 5. The van der Waals surface area contributed by atoms with Gasteiger partial charge in [0.15, 0.2) is 11.5 Å². The molecule has 5 heteroatoms. The molecule has 1 aliphatic rings. The highest BCUT2D eigenvalue weighted by Gasteiger charge is 2.36. The third-order valence-corrected chi connectivity index (χ3v) is 12.5. The third kappa shape index (κ3) is 28.6. The monoisotopic (exact) mass is 777 g/mol. The van der Waals surface area contributed by atoms with Crippen molar-refractivity contribution in [3.8, 4) is 11.5 Å². The predicted octanol–water partition coefficient (Wildman–Crippen LogP) is 16.6. The van der Waals surface area contributed by atoms with E-state index in [9.17, 15) is 0 Å². The fourth-order valence-corrected chi connectivity index (χ4v) is 8.67. The van der Waals surface area contributed by atoms with E-state index >= 15 is 0 Å². The van der Waals surface area contributed by atoms with Gasteiger partial charge in [-0.3, -0.25) is 0 Å². The van der Waals surface area contributed by atoms with E-state index in [1.807, 2.05) is 10.8 Å². The molecule has 54 heavy (non-hydrogen) atoms. The molecule has 2 rings (SSSR count). The van der Waals surface area contributed by atoms with Crippen LogP contribution in [0.4, 0.5) is 0 Å². The molecule has 0 amide bonds. The first-order chi connectivity index (χ1) is 26.8. The minimum atomic E-state index is -0.251. The molecule has 0 fully saturated rings. The molecule has 1 aromatic heterocycles. The largest absolute Gasteiger partial charge is 0.488 e. The third-order valence-electron chi connectivity index (χ3n) is 11.8. The molecule has 1 aliphatic heterocycles. The van der Waals surface area contributed by atoms with Crippen LogP contribution in [-0.4, -0.2) is 39.6 Å². The molecule has 0 N–H and O–H groups in total. The quantitative estimate of drug-likeness (QED) is 0.0620. The summed E-state index contributed by atoms with van der Waals surface area (Å²) in [5.41, 5.74) is -0.251. The molecular weight excluding hydrogens is 685 g/mol. The fraction of sp³-hybridized carbons (Fsp3) is 0.918. The second-order valence-electron chi connectivity index (χ2n) is 17.3. The Morgan fingerprint density at radius 2 is 0.630 bits per heavy atom. The molecule has 0 aliphatic carbocycles. The first-order valence-corrected chi connectivity index (χ1v) is 25.2. The average Bonchev–Trinajstić information content (AvgIpc) is 3.58. The Hall–Kier alpha value is -0.780. The first-order valence-electron chi connectivity index (χ1n) is 24.3. The summed E-state index contributed by atoms with van der Waals surface area (Å²) in [6.45, 7) is 8.70. The van der Waals surface area contributed by atoms with Gasteiger partial charge in [-0.25, -0.2) is 0 Å². The van der Waals surface area contributed by atoms with Gasteiger partial charge in [0.05, 0.1) is 18.6 Å². The SMILES string of the molecule is CCCCCCCCCCCCCCCCCCCCOCC1(COCCCCCCCCCCCCCCCCCCCC)COc2cscc2OC1. The van der Waals surface area contributed by atoms with Crippen LogP contribution in [0.15, 0.2) is 10.8 Å². The molecule has 0 atom stereocenters. The molecule has 1 aromatic rings. The van der Waals surface area contributed by atoms with Crippen LogP contribution in [0.25, 0.3) is 0 Å². The Labute approximate surface area is 341 Å². The maximum Gasteiger partial charge on any atom is 0.171 e. The normalized spacial score (nSPS) is 13.8. The van der Waals surface area contributed by atoms with Gasteiger partial charge < -0.3 is 18.9 Å². The lowest BCUT2D eigenvalue weighted by atomic mass is 9.92. The summed E-state index contributed by atoms with van der Waals surface area (Å²) in [5.74, 6) is 1.74. The van der Waals surface area contributed by atoms with Gasteiger partial charge in [0.1, 0.15) is 13.2 Å². The number of thiophene rings is 1. The van der Waals surface area contributed by atoms with E-state index in [1.54, 1.807) is 11.3 Å². The smallest absolute Gasteiger partial charge is 0.171 e. The van der Waals surface area contributed by atoms with Gasteiger partial charge in [0, 0.05) is 24.0 Å². The van der Waals surface area contributed by atoms with Crippen LogP contribution in [0.3, 0.4) is 0 Å². The fourth-order valence-electron chi connectivity index (χ4n) is 7.98. The van der Waals surface area contributed by atoms with Crippen molar-refractivity contribution < 1.29 is 18.9 Å². The van der Waals surface area contributed by atoms with Gasteiger partial charge in [-0.2, -0.15) is 0 Å². The first kappa shape index (κ1) is 49.4. The summed E-state index contributed by atoms with van der Waals surface area (Å²) in [5, 5.41) is 4.09. The van der Waals surface area contributed by atoms with Crippen molar-refractivity contribution in [3.05, 3.63) is 10.8 Å². The van der Waals surface area contributed by atoms with Crippen molar-refractivity contribution >= 4 is 11.3 Å². The number of unbranched alkanes of at least 4 members (excludes halogenated alkanes) is 34. The molecule has 0 spiro atoms. The highest BCUT2D eigenvalue weighted by Crippen LogP contribution is 2.37. The van der Waals surface area contributed by atoms with Crippen LogP contribution in [-0.2, 0) is 9.47 Å². The van der Waals surface area contributed by atoms with Gasteiger partial charge in [0.2, 0.25) is 0 Å². The summed E-state index contributed by atoms with van der Waals surface area (Å²) in [4.78, 5) is 0. The van der Waals surface area contributed by atoms with E-state index < -0.39 is 0 Å². The van der Waals surface area contributed by atoms with Crippen LogP contribution in [0, 0.1) is 5.41 Å². The number of ether oxygens (including phenoxy) is 4. The Balaban J connectivity index is 1.41. The van der Waals surface area contributed by atoms with E-state index in [0.717, 1.165) is 37.6 Å². The molecule has 0 aromatic carbocycles. The molecule has 0 radical (unpaired) electrons. The predicted molar refractivity (Wildman–Crippen MR) is 237 cm³/mol. The standard InChI is InChI=1S/C49H92O4S/c1-3-5-7-9-11-13-15-17-19-21-23-25-27-29-31-33-35-37-39-50-43-49(45-52-47-41-54-42-48(47)53-46-49)44-51-40-38-36-34-32-30-28-26-24-22-20-18-16-14-12-10-8-6-4-2/h41-42H,3-40,43-46H2,1-2H3. The Morgan fingerprint density at radius 3 is 0.889 bits per heavy atom. The lowest BCUT2D eigenvalue weighted by molar-refractivity contribution is -0.0605. The van der Waals surface area contributed by atoms with Crippen molar-refractivity contribution in [2.75, 3.05) is 39.6 Å². The van der Waals surface area contributed by atoms with Crippen molar-refractivity contribution in [3.63, 3.8) is 0 Å². The Kier molecular flexibility index (Phi) is 34.5. The molecule has 0 unspecified atom stereocenters. The zero-order valence-corrected chi connectivity index (χ0v) is 37.2. The number of hydrogen-bond donors (Lipinski definition) is 0. The summed E-state index contributed by atoms with van der Waals surface area (Å²) in [7, 11) is 0. The second-order valence-corrected chi connectivity index (χ2v) is 18.0. The molecule has 0 bridgehead atoms. The minimum Gasteiger partial charge on any atom is -0.488 e. The molecular formula is C49H92O4S. The van der Waals surface area contributed by atoms with Crippen LogP contribution in [0.2, 0.25) is 0 Å². The van der Waals surface area contributed by atoms with Crippen LogP contribution in [0.5, 0.6) is 11.5 Å². The number of rotatable bonds is 42. The van der Waals surface area contributed by atoms with E-state index in [4.69, 9.17) is 18.9 Å². The molecule has 4 nitrogen and oxygen atoms in total. The average molecular weight is 777 g/mol. The lowest BCUT2D eigenvalue weighted by Gasteiger charge is -2.30. The lowest BCUT2D eigenvalue weighted by Crippen LogP contribution is -2.42. The summed E-state index contributed by atoms with van der Waals surface area (Å²) in [6.07, 6.45) is 50.5. The minimum absolute atomic E-state index is 0.251. The number of fused-ring (bicyclic) bond motifs is 1. The van der Waals surface area contributed by atoms with E-state index in [1.165, 1.54) is 218 Å². The van der Waals surface area contributed by atoms with Gasteiger partial charge >= 0.3 is 0 Å². The van der Waals surface area contributed by atoms with Crippen molar-refractivity contribution in [2.24, 2.45) is 5.41 Å². The Morgan fingerprint density at radius 1 is 0.389 bits per heavy atom. The zero-order valence-electron chi connectivity index (χ0n) is 36.4. The maximum atomic E-state index is 6.29. The highest BCUT2D eigenvalue weighted by atomic mass is 32.1. The molecule has 0 saturated heterocycles. The van der Waals surface area contributed by atoms with Gasteiger partial charge in [-0.05, 0) is 12.8 Å². The Bertz CT molecular complexity index is 818. The van der Waals surface area contributed by atoms with E-state index in [-0.39, 0.29) is 5.41 Å². The van der Waals surface area contributed by atoms with Crippen molar-refractivity contribution in [1.82, 2.24) is 0 Å². The molecule has 0 saturated carbocycles. The van der Waals surface area contributed by atoms with E-state index in [2.05, 4.69) is 13.8 Å². The van der Waals surface area contributed by atoms with Gasteiger partial charge in [-0.15, -0.1) is 11.3 Å². The van der Waals surface area contributed by atoms with Crippen LogP contribution >= 0.6 is 11.3 Å². The van der Waals surface area contributed by atoms with Gasteiger partial charge in [0.25, 0.3) is 0 Å². The van der Waals surface area contributed by atoms with Crippen LogP contribution < -0.4 is 9.47 Å². The topological polar surface area (TPSA) is 36.9 Å². The summed E-state index contributed by atoms with van der Waals surface area (Å²) in [6, 6.07) is 0. The highest BCUT2D eigenvalue weighted by molar-refractivity contribution is 7.08. The van der Waals surface area contributed by atoms with Crippen molar-refractivity contribution in [2.45, 2.75) is 245 Å². The summed E-state index contributed by atoms with van der Waals surface area (Å²) < 4.78 is 25.0. The maximum absolute atomic E-state index is 6.29. The second kappa shape index (κ2) is 37.8.